The van der Waals surface area contributed by atoms with Crippen LogP contribution in [-0.4, -0.2) is 26.6 Å². The molecule has 140 valence electrons. The lowest BCUT2D eigenvalue weighted by atomic mass is 10.1. The fourth-order valence-electron chi connectivity index (χ4n) is 2.59. The van der Waals surface area contributed by atoms with Gasteiger partial charge in [-0.3, -0.25) is 19.3 Å². The first-order valence-electron chi connectivity index (χ1n) is 8.61. The van der Waals surface area contributed by atoms with Gasteiger partial charge in [-0.1, -0.05) is 6.07 Å². The number of hydrogen-bond acceptors (Lipinski definition) is 5. The van der Waals surface area contributed by atoms with Crippen LogP contribution in [0.2, 0.25) is 0 Å². The van der Waals surface area contributed by atoms with Crippen LogP contribution in [-0.2, 0) is 13.1 Å². The van der Waals surface area contributed by atoms with E-state index in [0.717, 1.165) is 16.0 Å². The lowest BCUT2D eigenvalue weighted by molar-refractivity contribution is 0.0951. The highest BCUT2D eigenvalue weighted by molar-refractivity contribution is 7.16. The maximum Gasteiger partial charge on any atom is 0.276 e. The molecule has 0 saturated carbocycles. The van der Waals surface area contributed by atoms with Crippen molar-refractivity contribution < 1.29 is 9.59 Å². The molecule has 2 N–H and O–H groups in total. The van der Waals surface area contributed by atoms with E-state index in [1.54, 1.807) is 29.3 Å². The van der Waals surface area contributed by atoms with Crippen molar-refractivity contribution >= 4 is 28.2 Å². The monoisotopic (exact) mass is 383 g/mol. The van der Waals surface area contributed by atoms with E-state index in [1.165, 1.54) is 11.3 Å². The molecule has 0 aliphatic carbocycles. The van der Waals surface area contributed by atoms with Gasteiger partial charge in [-0.05, 0) is 44.0 Å². The summed E-state index contributed by atoms with van der Waals surface area (Å²) >= 11 is 1.39. The molecule has 3 rings (SSSR count). The van der Waals surface area contributed by atoms with E-state index < -0.39 is 0 Å². The number of pyridine rings is 1. The van der Waals surface area contributed by atoms with E-state index in [2.05, 4.69) is 20.7 Å². The molecule has 2 amide bonds. The predicted molar refractivity (Wildman–Crippen MR) is 105 cm³/mol. The molecule has 0 bridgehead atoms. The Labute approximate surface area is 161 Å². The van der Waals surface area contributed by atoms with Crippen LogP contribution >= 0.6 is 11.3 Å². The quantitative estimate of drug-likeness (QED) is 0.684. The number of hydrogen-bond donors (Lipinski definition) is 2. The van der Waals surface area contributed by atoms with Crippen LogP contribution in [0.3, 0.4) is 0 Å². The van der Waals surface area contributed by atoms with Crippen molar-refractivity contribution in [1.82, 2.24) is 20.1 Å². The predicted octanol–water partition coefficient (Wildman–Crippen LogP) is 3.16. The number of thiophene rings is 1. The normalized spacial score (nSPS) is 10.6. The molecule has 0 radical (unpaired) electrons. The first-order chi connectivity index (χ1) is 13.0. The molecule has 3 heterocycles. The molecule has 8 heteroatoms. The third kappa shape index (κ3) is 4.22. The summed E-state index contributed by atoms with van der Waals surface area (Å²) in [4.78, 5) is 30.3. The van der Waals surface area contributed by atoms with Gasteiger partial charge < -0.3 is 10.6 Å². The number of carbonyl (C=O) groups excluding carboxylic acids is 2. The van der Waals surface area contributed by atoms with Crippen LogP contribution in [0.4, 0.5) is 5.00 Å². The third-order valence-electron chi connectivity index (χ3n) is 4.21. The second kappa shape index (κ2) is 8.13. The molecule has 0 aliphatic rings. The molecule has 0 aliphatic heterocycles. The minimum atomic E-state index is -0.329. The molecule has 3 aromatic rings. The second-order valence-corrected chi connectivity index (χ2v) is 7.27. The van der Waals surface area contributed by atoms with Crippen molar-refractivity contribution in [1.29, 1.82) is 0 Å². The molecule has 0 aromatic carbocycles. The van der Waals surface area contributed by atoms with Crippen LogP contribution in [0.1, 0.15) is 43.8 Å². The van der Waals surface area contributed by atoms with E-state index in [4.69, 9.17) is 0 Å². The highest BCUT2D eigenvalue weighted by Crippen LogP contribution is 2.32. The Morgan fingerprint density at radius 3 is 2.70 bits per heavy atom. The number of anilines is 1. The van der Waals surface area contributed by atoms with Gasteiger partial charge in [0.05, 0.1) is 5.56 Å². The van der Waals surface area contributed by atoms with Gasteiger partial charge in [0.1, 0.15) is 5.00 Å². The molecule has 3 aromatic heterocycles. The summed E-state index contributed by atoms with van der Waals surface area (Å²) in [6.07, 6.45) is 5.14. The summed E-state index contributed by atoms with van der Waals surface area (Å²) in [5, 5.41) is 10.5. The topological polar surface area (TPSA) is 88.9 Å². The summed E-state index contributed by atoms with van der Waals surface area (Å²) in [6, 6.07) is 5.38. The molecule has 27 heavy (non-hydrogen) atoms. The molecule has 0 fully saturated rings. The van der Waals surface area contributed by atoms with Gasteiger partial charge in [-0.25, -0.2) is 0 Å². The molecule has 0 spiro atoms. The van der Waals surface area contributed by atoms with Crippen molar-refractivity contribution in [2.75, 3.05) is 5.32 Å². The Morgan fingerprint density at radius 1 is 1.22 bits per heavy atom. The molecule has 0 atom stereocenters. The number of rotatable bonds is 6. The van der Waals surface area contributed by atoms with Gasteiger partial charge >= 0.3 is 0 Å². The van der Waals surface area contributed by atoms with Crippen LogP contribution < -0.4 is 10.6 Å². The maximum atomic E-state index is 12.7. The van der Waals surface area contributed by atoms with Crippen molar-refractivity contribution in [2.45, 2.75) is 33.9 Å². The Kier molecular flexibility index (Phi) is 5.66. The molecule has 0 unspecified atom stereocenters. The van der Waals surface area contributed by atoms with Gasteiger partial charge in [0.15, 0.2) is 5.69 Å². The summed E-state index contributed by atoms with van der Waals surface area (Å²) in [5.41, 5.74) is 2.58. The van der Waals surface area contributed by atoms with Crippen molar-refractivity contribution in [3.63, 3.8) is 0 Å². The van der Waals surface area contributed by atoms with Gasteiger partial charge in [0.2, 0.25) is 0 Å². The van der Waals surface area contributed by atoms with Gasteiger partial charge in [-0.2, -0.15) is 5.10 Å². The van der Waals surface area contributed by atoms with Crippen LogP contribution in [0.15, 0.2) is 36.8 Å². The van der Waals surface area contributed by atoms with Crippen molar-refractivity contribution in [2.24, 2.45) is 0 Å². The van der Waals surface area contributed by atoms with Crippen LogP contribution in [0.25, 0.3) is 0 Å². The first kappa shape index (κ1) is 18.8. The second-order valence-electron chi connectivity index (χ2n) is 6.04. The number of amides is 2. The lowest BCUT2D eigenvalue weighted by Gasteiger charge is -2.08. The first-order valence-corrected chi connectivity index (χ1v) is 9.43. The van der Waals surface area contributed by atoms with Crippen molar-refractivity contribution in [3.05, 3.63) is 64.1 Å². The highest BCUT2D eigenvalue weighted by Gasteiger charge is 2.22. The standard InChI is InChI=1S/C19H21N5O2S/c1-4-24-9-7-15(23-24)17(25)22-19-16(12(2)13(3)27-19)18(26)21-11-14-6-5-8-20-10-14/h5-10H,4,11H2,1-3H3,(H,21,26)(H,22,25). The van der Waals surface area contributed by atoms with Crippen molar-refractivity contribution in [3.8, 4) is 0 Å². The van der Waals surface area contributed by atoms with Crippen LogP contribution in [0.5, 0.6) is 0 Å². The maximum absolute atomic E-state index is 12.7. The van der Waals surface area contributed by atoms with Gasteiger partial charge in [-0.15, -0.1) is 11.3 Å². The van der Waals surface area contributed by atoms with E-state index in [9.17, 15) is 9.59 Å². The Balaban J connectivity index is 1.77. The zero-order chi connectivity index (χ0) is 19.4. The fourth-order valence-corrected chi connectivity index (χ4v) is 3.64. The van der Waals surface area contributed by atoms with E-state index in [1.807, 2.05) is 32.9 Å². The fraction of sp³-hybridized carbons (Fsp3) is 0.263. The minimum Gasteiger partial charge on any atom is -0.348 e. The molecular formula is C19H21N5O2S. The smallest absolute Gasteiger partial charge is 0.276 e. The Hall–Kier alpha value is -3.00. The average Bonchev–Trinajstić information content (AvgIpc) is 3.26. The zero-order valence-electron chi connectivity index (χ0n) is 15.4. The summed E-state index contributed by atoms with van der Waals surface area (Å²) in [6.45, 7) is 6.82. The Morgan fingerprint density at radius 2 is 2.04 bits per heavy atom. The largest absolute Gasteiger partial charge is 0.348 e. The molecule has 0 saturated heterocycles. The SMILES string of the molecule is CCn1ccc(C(=O)Nc2sc(C)c(C)c2C(=O)NCc2cccnc2)n1. The van der Waals surface area contributed by atoms with Crippen LogP contribution in [0, 0.1) is 13.8 Å². The number of carbonyl (C=O) groups is 2. The number of nitrogens with zero attached hydrogens (tertiary/aromatic N) is 3. The summed E-state index contributed by atoms with van der Waals surface area (Å²) in [5.74, 6) is -0.556. The van der Waals surface area contributed by atoms with Gasteiger partial charge in [0, 0.05) is 36.6 Å². The van der Waals surface area contributed by atoms with Gasteiger partial charge in [0.25, 0.3) is 11.8 Å². The highest BCUT2D eigenvalue weighted by atomic mass is 32.1. The van der Waals surface area contributed by atoms with E-state index in [0.29, 0.717) is 29.3 Å². The summed E-state index contributed by atoms with van der Waals surface area (Å²) in [7, 11) is 0. The zero-order valence-corrected chi connectivity index (χ0v) is 16.3. The lowest BCUT2D eigenvalue weighted by Crippen LogP contribution is -2.25. The summed E-state index contributed by atoms with van der Waals surface area (Å²) < 4.78 is 1.68. The van der Waals surface area contributed by atoms with E-state index in [-0.39, 0.29) is 11.8 Å². The number of nitrogens with one attached hydrogen (secondary N) is 2. The molecule has 7 nitrogen and oxygen atoms in total. The Bertz CT molecular complexity index is 962. The average molecular weight is 383 g/mol. The molecular weight excluding hydrogens is 362 g/mol. The number of aromatic nitrogens is 3. The minimum absolute atomic E-state index is 0.227. The third-order valence-corrected chi connectivity index (χ3v) is 5.34. The number of aryl methyl sites for hydroxylation is 2. The van der Waals surface area contributed by atoms with E-state index >= 15 is 0 Å².